The zero-order chi connectivity index (χ0) is 22.8. The number of amides is 4. The minimum atomic E-state index is -0.540. The van der Waals surface area contributed by atoms with E-state index in [9.17, 15) is 24.5 Å². The van der Waals surface area contributed by atoms with Crippen LogP contribution in [-0.2, 0) is 9.53 Å². The number of nitrogens with zero attached hydrogens (tertiary/aromatic N) is 3. The van der Waals surface area contributed by atoms with Gasteiger partial charge in [0.05, 0.1) is 35.9 Å². The molecule has 32 heavy (non-hydrogen) atoms. The predicted molar refractivity (Wildman–Crippen MR) is 116 cm³/mol. The molecule has 0 bridgehead atoms. The highest BCUT2D eigenvalue weighted by Gasteiger charge is 2.32. The van der Waals surface area contributed by atoms with Gasteiger partial charge in [-0.05, 0) is 30.7 Å². The van der Waals surface area contributed by atoms with Crippen LogP contribution < -0.4 is 20.4 Å². The summed E-state index contributed by atoms with van der Waals surface area (Å²) in [5, 5.41) is 16.8. The summed E-state index contributed by atoms with van der Waals surface area (Å²) in [6.45, 7) is 3.31. The molecule has 0 unspecified atom stereocenters. The second-order valence-electron chi connectivity index (χ2n) is 7.37. The zero-order valence-electron chi connectivity index (χ0n) is 17.3. The highest BCUT2D eigenvalue weighted by molar-refractivity contribution is 6.20. The van der Waals surface area contributed by atoms with Crippen molar-refractivity contribution in [3.63, 3.8) is 0 Å². The standard InChI is InChI=1S/C21H21N5O6/c1-13-5-6-14(11-17(13)25-18(27)12-22-21(25)29)23-20(28)15-3-2-4-16(26(30)31)19(15)24-7-9-32-10-8-24/h2-6,11H,7-10,12H2,1H3,(H,22,29)(H,23,28). The number of rotatable bonds is 5. The Morgan fingerprint density at radius 1 is 1.19 bits per heavy atom. The summed E-state index contributed by atoms with van der Waals surface area (Å²) in [7, 11) is 0. The molecular formula is C21H21N5O6. The van der Waals surface area contributed by atoms with Crippen molar-refractivity contribution in [2.45, 2.75) is 6.92 Å². The van der Waals surface area contributed by atoms with Crippen LogP contribution >= 0.6 is 0 Å². The van der Waals surface area contributed by atoms with Crippen LogP contribution in [0.3, 0.4) is 0 Å². The van der Waals surface area contributed by atoms with Gasteiger partial charge in [-0.3, -0.25) is 19.7 Å². The van der Waals surface area contributed by atoms with E-state index in [4.69, 9.17) is 4.74 Å². The number of aryl methyl sites for hydroxylation is 1. The second kappa shape index (κ2) is 8.63. The lowest BCUT2D eigenvalue weighted by Gasteiger charge is -2.29. The van der Waals surface area contributed by atoms with Crippen molar-refractivity contribution in [2.24, 2.45) is 0 Å². The molecule has 0 aromatic heterocycles. The number of hydrogen-bond donors (Lipinski definition) is 2. The number of carbonyl (C=O) groups excluding carboxylic acids is 3. The van der Waals surface area contributed by atoms with Crippen molar-refractivity contribution in [3.05, 3.63) is 57.6 Å². The number of urea groups is 1. The van der Waals surface area contributed by atoms with Gasteiger partial charge in [-0.2, -0.15) is 0 Å². The molecule has 11 nitrogen and oxygen atoms in total. The lowest BCUT2D eigenvalue weighted by molar-refractivity contribution is -0.384. The van der Waals surface area contributed by atoms with Gasteiger partial charge < -0.3 is 20.3 Å². The minimum Gasteiger partial charge on any atom is -0.378 e. The van der Waals surface area contributed by atoms with E-state index in [1.165, 1.54) is 24.3 Å². The molecule has 11 heteroatoms. The van der Waals surface area contributed by atoms with Gasteiger partial charge in [-0.15, -0.1) is 0 Å². The quantitative estimate of drug-likeness (QED) is 0.414. The lowest BCUT2D eigenvalue weighted by atomic mass is 10.1. The number of anilines is 3. The molecule has 2 aliphatic heterocycles. The van der Waals surface area contributed by atoms with Crippen LogP contribution in [0.2, 0.25) is 0 Å². The SMILES string of the molecule is Cc1ccc(NC(=O)c2cccc([N+](=O)[O-])c2N2CCOCC2)cc1N1C(=O)CNC1=O. The molecule has 2 N–H and O–H groups in total. The summed E-state index contributed by atoms with van der Waals surface area (Å²) in [5.74, 6) is -0.933. The van der Waals surface area contributed by atoms with Gasteiger partial charge in [-0.1, -0.05) is 12.1 Å². The normalized spacial score (nSPS) is 16.2. The van der Waals surface area contributed by atoms with Gasteiger partial charge in [0.1, 0.15) is 5.69 Å². The maximum atomic E-state index is 13.1. The Kier molecular flexibility index (Phi) is 5.73. The number of imide groups is 1. The van der Waals surface area contributed by atoms with Crippen molar-refractivity contribution >= 4 is 40.6 Å². The van der Waals surface area contributed by atoms with Gasteiger partial charge in [0.15, 0.2) is 0 Å². The Labute approximate surface area is 183 Å². The number of nitrogens with one attached hydrogen (secondary N) is 2. The fourth-order valence-corrected chi connectivity index (χ4v) is 3.77. The van der Waals surface area contributed by atoms with Crippen LogP contribution in [0.25, 0.3) is 0 Å². The summed E-state index contributed by atoms with van der Waals surface area (Å²) in [5.41, 5.74) is 1.61. The summed E-state index contributed by atoms with van der Waals surface area (Å²) in [6.07, 6.45) is 0. The molecule has 166 valence electrons. The van der Waals surface area contributed by atoms with E-state index in [1.54, 1.807) is 24.0 Å². The van der Waals surface area contributed by atoms with Crippen LogP contribution in [0, 0.1) is 17.0 Å². The van der Waals surface area contributed by atoms with E-state index < -0.39 is 22.8 Å². The smallest absolute Gasteiger partial charge is 0.329 e. The van der Waals surface area contributed by atoms with Gasteiger partial charge in [-0.25, -0.2) is 9.69 Å². The molecule has 0 atom stereocenters. The van der Waals surface area contributed by atoms with Gasteiger partial charge in [0, 0.05) is 24.8 Å². The third kappa shape index (κ3) is 3.97. The van der Waals surface area contributed by atoms with Crippen LogP contribution in [0.15, 0.2) is 36.4 Å². The van der Waals surface area contributed by atoms with Gasteiger partial charge in [0.2, 0.25) is 0 Å². The first kappa shape index (κ1) is 21.2. The average molecular weight is 439 g/mol. The molecule has 4 rings (SSSR count). The lowest BCUT2D eigenvalue weighted by Crippen LogP contribution is -2.37. The first-order valence-corrected chi connectivity index (χ1v) is 9.99. The zero-order valence-corrected chi connectivity index (χ0v) is 17.3. The van der Waals surface area contributed by atoms with Crippen molar-refractivity contribution in [1.29, 1.82) is 0 Å². The number of morpholine rings is 1. The maximum Gasteiger partial charge on any atom is 0.329 e. The van der Waals surface area contributed by atoms with Crippen LogP contribution in [0.4, 0.5) is 27.5 Å². The van der Waals surface area contributed by atoms with Crippen LogP contribution in [-0.4, -0.2) is 55.6 Å². The summed E-state index contributed by atoms with van der Waals surface area (Å²) >= 11 is 0. The number of benzene rings is 2. The monoisotopic (exact) mass is 439 g/mol. The molecule has 4 amide bonds. The first-order valence-electron chi connectivity index (χ1n) is 9.99. The molecule has 0 spiro atoms. The molecule has 2 aliphatic rings. The second-order valence-corrected chi connectivity index (χ2v) is 7.37. The molecule has 0 saturated carbocycles. The first-order chi connectivity index (χ1) is 15.4. The van der Waals surface area contributed by atoms with Crippen molar-refractivity contribution < 1.29 is 24.0 Å². The number of para-hydroxylation sites is 1. The Balaban J connectivity index is 1.67. The fraction of sp³-hybridized carbons (Fsp3) is 0.286. The molecule has 2 fully saturated rings. The largest absolute Gasteiger partial charge is 0.378 e. The number of nitro benzene ring substituents is 1. The highest BCUT2D eigenvalue weighted by atomic mass is 16.6. The Hall–Kier alpha value is -3.99. The third-order valence-corrected chi connectivity index (χ3v) is 5.33. The summed E-state index contributed by atoms with van der Waals surface area (Å²) in [6, 6.07) is 8.67. The number of nitro groups is 1. The van der Waals surface area contributed by atoms with E-state index >= 15 is 0 Å². The van der Waals surface area contributed by atoms with Gasteiger partial charge >= 0.3 is 6.03 Å². The van der Waals surface area contributed by atoms with Gasteiger partial charge in [0.25, 0.3) is 17.5 Å². The predicted octanol–water partition coefficient (Wildman–Crippen LogP) is 2.05. The van der Waals surface area contributed by atoms with Crippen LogP contribution in [0.5, 0.6) is 0 Å². The number of carbonyl (C=O) groups is 3. The van der Waals surface area contributed by atoms with Crippen molar-refractivity contribution in [1.82, 2.24) is 5.32 Å². The molecule has 0 radical (unpaired) electrons. The molecular weight excluding hydrogens is 418 g/mol. The summed E-state index contributed by atoms with van der Waals surface area (Å²) < 4.78 is 5.33. The number of hydrogen-bond acceptors (Lipinski definition) is 7. The highest BCUT2D eigenvalue weighted by Crippen LogP contribution is 2.34. The average Bonchev–Trinajstić information content (AvgIpc) is 3.12. The summed E-state index contributed by atoms with van der Waals surface area (Å²) in [4.78, 5) is 51.2. The van der Waals surface area contributed by atoms with E-state index in [0.29, 0.717) is 43.2 Å². The molecule has 0 aliphatic carbocycles. The van der Waals surface area contributed by atoms with E-state index in [2.05, 4.69) is 10.6 Å². The van der Waals surface area contributed by atoms with Crippen LogP contribution in [0.1, 0.15) is 15.9 Å². The minimum absolute atomic E-state index is 0.0918. The molecule has 2 aromatic carbocycles. The Morgan fingerprint density at radius 2 is 1.94 bits per heavy atom. The molecule has 2 heterocycles. The Bertz CT molecular complexity index is 1100. The van der Waals surface area contributed by atoms with Crippen molar-refractivity contribution in [3.8, 4) is 0 Å². The van der Waals surface area contributed by atoms with E-state index in [-0.39, 0.29) is 23.5 Å². The Morgan fingerprint density at radius 3 is 2.59 bits per heavy atom. The number of ether oxygens (including phenoxy) is 1. The molecule has 2 saturated heterocycles. The van der Waals surface area contributed by atoms with E-state index in [0.717, 1.165) is 4.90 Å². The van der Waals surface area contributed by atoms with Crippen molar-refractivity contribution in [2.75, 3.05) is 48.0 Å². The fourth-order valence-electron chi connectivity index (χ4n) is 3.77. The topological polar surface area (TPSA) is 134 Å². The maximum absolute atomic E-state index is 13.1. The molecule has 2 aromatic rings. The third-order valence-electron chi connectivity index (χ3n) is 5.33. The van der Waals surface area contributed by atoms with E-state index in [1.807, 2.05) is 0 Å².